The first-order chi connectivity index (χ1) is 9.53. The molecule has 0 atom stereocenters. The molecule has 0 spiro atoms. The Morgan fingerprint density at radius 1 is 1.25 bits per heavy atom. The fraction of sp³-hybridized carbons (Fsp3) is 0.316. The van der Waals surface area contributed by atoms with E-state index in [2.05, 4.69) is 39.5 Å². The molecule has 1 heteroatoms. The van der Waals surface area contributed by atoms with Crippen LogP contribution >= 0.6 is 0 Å². The summed E-state index contributed by atoms with van der Waals surface area (Å²) in [6, 6.07) is 0. The molecule has 0 aromatic carbocycles. The van der Waals surface area contributed by atoms with Crippen molar-refractivity contribution in [1.82, 2.24) is 0 Å². The smallest absolute Gasteiger partial charge is 0.0615 e. The highest BCUT2D eigenvalue weighted by atomic mass is 14.4. The molecule has 0 aromatic heterocycles. The number of hydrogen-bond acceptors (Lipinski definition) is 1. The third kappa shape index (κ3) is 5.83. The van der Waals surface area contributed by atoms with Gasteiger partial charge in [0, 0.05) is 0 Å². The summed E-state index contributed by atoms with van der Waals surface area (Å²) in [6.45, 7) is 14.1. The van der Waals surface area contributed by atoms with Gasteiger partial charge >= 0.3 is 0 Å². The van der Waals surface area contributed by atoms with Gasteiger partial charge in [-0.15, -0.1) is 0 Å². The highest BCUT2D eigenvalue weighted by Crippen LogP contribution is 2.21. The Bertz CT molecular complexity index is 494. The molecule has 1 aliphatic carbocycles. The zero-order valence-corrected chi connectivity index (χ0v) is 13.5. The average molecular weight is 269 g/mol. The highest BCUT2D eigenvalue weighted by Gasteiger charge is 2.08. The van der Waals surface area contributed by atoms with Crippen LogP contribution in [0, 0.1) is 5.41 Å². The minimum absolute atomic E-state index is 0.552. The Balaban J connectivity index is 0.00000110. The molecule has 1 nitrogen and oxygen atoms in total. The predicted octanol–water partition coefficient (Wildman–Crippen LogP) is 5.94. The van der Waals surface area contributed by atoms with Crippen molar-refractivity contribution in [3.05, 3.63) is 71.4 Å². The Morgan fingerprint density at radius 2 is 1.85 bits per heavy atom. The summed E-state index contributed by atoms with van der Waals surface area (Å²) in [6.07, 6.45) is 15.0. The summed E-state index contributed by atoms with van der Waals surface area (Å²) in [5, 5.41) is 7.90. The fourth-order valence-electron chi connectivity index (χ4n) is 1.58. The summed E-state index contributed by atoms with van der Waals surface area (Å²) in [5.41, 5.74) is 4.79. The third-order valence-corrected chi connectivity index (χ3v) is 2.76. The van der Waals surface area contributed by atoms with Gasteiger partial charge in [-0.1, -0.05) is 68.9 Å². The predicted molar refractivity (Wildman–Crippen MR) is 92.4 cm³/mol. The molecule has 0 fully saturated rings. The quantitative estimate of drug-likeness (QED) is 0.613. The van der Waals surface area contributed by atoms with Gasteiger partial charge in [0.15, 0.2) is 0 Å². The topological polar surface area (TPSA) is 23.9 Å². The van der Waals surface area contributed by atoms with Gasteiger partial charge in [0.25, 0.3) is 0 Å². The van der Waals surface area contributed by atoms with E-state index in [4.69, 9.17) is 5.41 Å². The van der Waals surface area contributed by atoms with E-state index in [9.17, 15) is 0 Å². The average Bonchev–Trinajstić information content (AvgIpc) is 2.45. The van der Waals surface area contributed by atoms with Crippen LogP contribution in [0.1, 0.15) is 41.0 Å². The molecule has 1 rings (SSSR count). The molecular formula is C19H27N. The van der Waals surface area contributed by atoms with Crippen molar-refractivity contribution < 1.29 is 0 Å². The maximum absolute atomic E-state index is 7.90. The lowest BCUT2D eigenvalue weighted by Gasteiger charge is -2.11. The van der Waals surface area contributed by atoms with Crippen LogP contribution in [0.3, 0.4) is 0 Å². The SMILES string of the molecule is C=C/C(=C\C(C)=C/C)C1=CC(=N)/C(=C\C)C=C1.CCC. The van der Waals surface area contributed by atoms with Crippen LogP contribution in [0.15, 0.2) is 71.4 Å². The zero-order valence-electron chi connectivity index (χ0n) is 13.5. The van der Waals surface area contributed by atoms with Crippen molar-refractivity contribution in [3.63, 3.8) is 0 Å². The molecular weight excluding hydrogens is 242 g/mol. The molecule has 0 bridgehead atoms. The largest absolute Gasteiger partial charge is 0.300 e. The van der Waals surface area contributed by atoms with Crippen molar-refractivity contribution in [2.24, 2.45) is 0 Å². The van der Waals surface area contributed by atoms with E-state index in [0.717, 1.165) is 16.7 Å². The zero-order chi connectivity index (χ0) is 15.5. The maximum Gasteiger partial charge on any atom is 0.0615 e. The Kier molecular flexibility index (Phi) is 9.02. The van der Waals surface area contributed by atoms with Gasteiger partial charge in [0.1, 0.15) is 0 Å². The van der Waals surface area contributed by atoms with Gasteiger partial charge in [0.05, 0.1) is 5.71 Å². The summed E-state index contributed by atoms with van der Waals surface area (Å²) < 4.78 is 0. The number of hydrogen-bond donors (Lipinski definition) is 1. The van der Waals surface area contributed by atoms with Crippen LogP contribution in [0.25, 0.3) is 0 Å². The van der Waals surface area contributed by atoms with Crippen LogP contribution in [0.2, 0.25) is 0 Å². The van der Waals surface area contributed by atoms with E-state index in [-0.39, 0.29) is 0 Å². The second-order valence-electron chi connectivity index (χ2n) is 4.63. The summed E-state index contributed by atoms with van der Waals surface area (Å²) >= 11 is 0. The molecule has 0 heterocycles. The van der Waals surface area contributed by atoms with Crippen molar-refractivity contribution in [2.75, 3.05) is 0 Å². The lowest BCUT2D eigenvalue weighted by atomic mass is 9.94. The molecule has 0 saturated heterocycles. The second-order valence-corrected chi connectivity index (χ2v) is 4.63. The van der Waals surface area contributed by atoms with E-state index in [0.29, 0.717) is 5.71 Å². The van der Waals surface area contributed by atoms with Gasteiger partial charge in [-0.25, -0.2) is 0 Å². The summed E-state index contributed by atoms with van der Waals surface area (Å²) in [5.74, 6) is 0. The van der Waals surface area contributed by atoms with Crippen molar-refractivity contribution in [2.45, 2.75) is 41.0 Å². The van der Waals surface area contributed by atoms with Crippen LogP contribution in [-0.2, 0) is 0 Å². The first-order valence-corrected chi connectivity index (χ1v) is 7.16. The molecule has 1 N–H and O–H groups in total. The molecule has 0 radical (unpaired) electrons. The van der Waals surface area contributed by atoms with Crippen LogP contribution in [-0.4, -0.2) is 5.71 Å². The number of nitrogens with one attached hydrogen (secondary N) is 1. The van der Waals surface area contributed by atoms with Crippen LogP contribution in [0.4, 0.5) is 0 Å². The van der Waals surface area contributed by atoms with Gasteiger partial charge in [-0.3, -0.25) is 0 Å². The minimum Gasteiger partial charge on any atom is -0.300 e. The molecule has 0 aliphatic heterocycles. The Morgan fingerprint density at radius 3 is 2.25 bits per heavy atom. The first kappa shape index (κ1) is 18.1. The first-order valence-electron chi connectivity index (χ1n) is 7.16. The lowest BCUT2D eigenvalue weighted by Crippen LogP contribution is -2.02. The molecule has 1 aliphatic rings. The second kappa shape index (κ2) is 9.96. The molecule has 108 valence electrons. The van der Waals surface area contributed by atoms with E-state index < -0.39 is 0 Å². The molecule has 0 aromatic rings. The fourth-order valence-corrected chi connectivity index (χ4v) is 1.58. The van der Waals surface area contributed by atoms with Crippen LogP contribution < -0.4 is 0 Å². The van der Waals surface area contributed by atoms with Crippen LogP contribution in [0.5, 0.6) is 0 Å². The number of rotatable bonds is 3. The minimum atomic E-state index is 0.552. The van der Waals surface area contributed by atoms with E-state index >= 15 is 0 Å². The summed E-state index contributed by atoms with van der Waals surface area (Å²) in [7, 11) is 0. The highest BCUT2D eigenvalue weighted by molar-refractivity contribution is 6.10. The summed E-state index contributed by atoms with van der Waals surface area (Å²) in [4.78, 5) is 0. The Labute approximate surface area is 124 Å². The third-order valence-electron chi connectivity index (χ3n) is 2.76. The van der Waals surface area contributed by atoms with Crippen molar-refractivity contribution >= 4 is 5.71 Å². The molecule has 0 unspecified atom stereocenters. The Hall–Kier alpha value is -1.89. The molecule has 0 amide bonds. The van der Waals surface area contributed by atoms with Crippen molar-refractivity contribution in [1.29, 1.82) is 5.41 Å². The van der Waals surface area contributed by atoms with Crippen molar-refractivity contribution in [3.8, 4) is 0 Å². The standard InChI is InChI=1S/C16H19N.C3H8/c1-5-12(4)10-14(7-3)15-9-8-13(6-2)16(17)11-15;1-3-2/h5-11,17H,3H2,1-2,4H3;3H2,1-2H3/b12-5-,13-6-,14-10+,17-16?;. The molecule has 0 saturated carbocycles. The van der Waals surface area contributed by atoms with Gasteiger partial charge in [0.2, 0.25) is 0 Å². The van der Waals surface area contributed by atoms with E-state index in [1.807, 2.05) is 44.2 Å². The van der Waals surface area contributed by atoms with Gasteiger partial charge in [-0.05, 0) is 43.6 Å². The lowest BCUT2D eigenvalue weighted by molar-refractivity contribution is 1.09. The normalized spacial score (nSPS) is 17.6. The number of allylic oxidation sites excluding steroid dienone is 11. The van der Waals surface area contributed by atoms with Gasteiger partial charge < -0.3 is 5.41 Å². The monoisotopic (exact) mass is 269 g/mol. The maximum atomic E-state index is 7.90. The molecule has 20 heavy (non-hydrogen) atoms. The van der Waals surface area contributed by atoms with E-state index in [1.165, 1.54) is 12.0 Å². The van der Waals surface area contributed by atoms with E-state index in [1.54, 1.807) is 0 Å². The van der Waals surface area contributed by atoms with Gasteiger partial charge in [-0.2, -0.15) is 0 Å².